The minimum Gasteiger partial charge on any atom is -0.423 e. The number of benzene rings is 3. The quantitative estimate of drug-likeness (QED) is 0.301. The highest BCUT2D eigenvalue weighted by Crippen LogP contribution is 2.18. The molecule has 1 amide bonds. The Morgan fingerprint density at radius 3 is 2.45 bits per heavy atom. The molecule has 0 saturated heterocycles. The summed E-state index contributed by atoms with van der Waals surface area (Å²) in [6.45, 7) is 0. The molecule has 0 aliphatic rings. The van der Waals surface area contributed by atoms with Gasteiger partial charge in [-0.2, -0.15) is 5.26 Å². The van der Waals surface area contributed by atoms with Crippen molar-refractivity contribution in [1.82, 2.24) is 0 Å². The number of ether oxygens (including phenoxy) is 1. The average Bonchev–Trinajstić information content (AvgIpc) is 2.73. The van der Waals surface area contributed by atoms with E-state index in [0.29, 0.717) is 11.3 Å². The molecule has 0 radical (unpaired) electrons. The number of carbonyl (C=O) groups excluding carboxylic acids is 2. The first-order valence-corrected chi connectivity index (χ1v) is 8.61. The number of nitriles is 1. The molecular formula is C23H15FN2O3. The van der Waals surface area contributed by atoms with Crippen molar-refractivity contribution < 1.29 is 18.7 Å². The van der Waals surface area contributed by atoms with Gasteiger partial charge < -0.3 is 10.1 Å². The highest BCUT2D eigenvalue weighted by molar-refractivity contribution is 6.09. The van der Waals surface area contributed by atoms with Gasteiger partial charge in [0.05, 0.1) is 5.56 Å². The molecule has 0 unspecified atom stereocenters. The lowest BCUT2D eigenvalue weighted by Gasteiger charge is -2.06. The van der Waals surface area contributed by atoms with E-state index in [4.69, 9.17) is 4.74 Å². The van der Waals surface area contributed by atoms with Crippen LogP contribution >= 0.6 is 0 Å². The number of rotatable bonds is 5. The van der Waals surface area contributed by atoms with E-state index in [0.717, 1.165) is 6.07 Å². The maximum Gasteiger partial charge on any atom is 0.343 e. The second-order valence-corrected chi connectivity index (χ2v) is 5.96. The number of carbonyl (C=O) groups is 2. The fraction of sp³-hybridized carbons (Fsp3) is 0. The van der Waals surface area contributed by atoms with Crippen LogP contribution in [-0.4, -0.2) is 11.9 Å². The van der Waals surface area contributed by atoms with Crippen LogP contribution in [0.15, 0.2) is 84.4 Å². The Bertz CT molecular complexity index is 1120. The molecule has 0 atom stereocenters. The molecule has 1 N–H and O–H groups in total. The maximum absolute atomic E-state index is 13.3. The molecule has 0 aliphatic carbocycles. The largest absolute Gasteiger partial charge is 0.423 e. The van der Waals surface area contributed by atoms with Gasteiger partial charge in [0.15, 0.2) is 0 Å². The zero-order chi connectivity index (χ0) is 20.6. The Labute approximate surface area is 166 Å². The second-order valence-electron chi connectivity index (χ2n) is 5.96. The van der Waals surface area contributed by atoms with Crippen molar-refractivity contribution in [3.05, 3.63) is 101 Å². The van der Waals surface area contributed by atoms with E-state index in [9.17, 15) is 19.2 Å². The van der Waals surface area contributed by atoms with Gasteiger partial charge in [-0.25, -0.2) is 9.18 Å². The summed E-state index contributed by atoms with van der Waals surface area (Å²) >= 11 is 0. The Kier molecular flexibility index (Phi) is 6.13. The Hall–Kier alpha value is -4.24. The number of nitrogens with zero attached hydrogens (tertiary/aromatic N) is 1. The third-order valence-corrected chi connectivity index (χ3v) is 3.84. The standard InChI is InChI=1S/C23H15FN2O3/c24-19-8-5-7-17(14-19)23(28)29-21-11-4-6-16(13-21)12-18(15-25)22(27)26-20-9-2-1-3-10-20/h1-14H,(H,26,27). The van der Waals surface area contributed by atoms with E-state index in [2.05, 4.69) is 5.32 Å². The van der Waals surface area contributed by atoms with Crippen LogP contribution in [0.3, 0.4) is 0 Å². The third-order valence-electron chi connectivity index (χ3n) is 3.84. The number of halogens is 1. The van der Waals surface area contributed by atoms with Crippen LogP contribution in [0.2, 0.25) is 0 Å². The van der Waals surface area contributed by atoms with Gasteiger partial charge in [0.25, 0.3) is 5.91 Å². The lowest BCUT2D eigenvalue weighted by atomic mass is 10.1. The Morgan fingerprint density at radius 2 is 1.72 bits per heavy atom. The van der Waals surface area contributed by atoms with Crippen LogP contribution in [0.4, 0.5) is 10.1 Å². The van der Waals surface area contributed by atoms with Crippen molar-refractivity contribution in [3.63, 3.8) is 0 Å². The molecule has 0 aliphatic heterocycles. The summed E-state index contributed by atoms with van der Waals surface area (Å²) in [5.74, 6) is -1.61. The number of amides is 1. The van der Waals surface area contributed by atoms with Crippen molar-refractivity contribution in [2.45, 2.75) is 0 Å². The molecule has 0 fully saturated rings. The molecule has 142 valence electrons. The zero-order valence-corrected chi connectivity index (χ0v) is 15.1. The normalized spacial score (nSPS) is 10.7. The van der Waals surface area contributed by atoms with Crippen molar-refractivity contribution in [2.24, 2.45) is 0 Å². The fourth-order valence-corrected chi connectivity index (χ4v) is 2.48. The van der Waals surface area contributed by atoms with Crippen molar-refractivity contribution in [2.75, 3.05) is 5.32 Å². The summed E-state index contributed by atoms with van der Waals surface area (Å²) in [6.07, 6.45) is 1.39. The average molecular weight is 386 g/mol. The van der Waals surface area contributed by atoms with Gasteiger partial charge in [-0.15, -0.1) is 0 Å². The number of para-hydroxylation sites is 1. The molecule has 0 spiro atoms. The summed E-state index contributed by atoms with van der Waals surface area (Å²) in [5.41, 5.74) is 1.03. The molecule has 0 aromatic heterocycles. The number of hydrogen-bond donors (Lipinski definition) is 1. The zero-order valence-electron chi connectivity index (χ0n) is 15.1. The topological polar surface area (TPSA) is 79.2 Å². The van der Waals surface area contributed by atoms with Gasteiger partial charge in [-0.1, -0.05) is 36.4 Å². The predicted molar refractivity (Wildman–Crippen MR) is 106 cm³/mol. The third kappa shape index (κ3) is 5.37. The van der Waals surface area contributed by atoms with E-state index in [-0.39, 0.29) is 16.9 Å². The molecule has 0 heterocycles. The van der Waals surface area contributed by atoms with Crippen LogP contribution < -0.4 is 10.1 Å². The summed E-state index contributed by atoms with van der Waals surface area (Å²) in [7, 11) is 0. The van der Waals surface area contributed by atoms with Gasteiger partial charge in [-0.3, -0.25) is 4.79 Å². The molecule has 29 heavy (non-hydrogen) atoms. The second kappa shape index (κ2) is 9.11. The first-order chi connectivity index (χ1) is 14.0. The van der Waals surface area contributed by atoms with Crippen molar-refractivity contribution >= 4 is 23.6 Å². The van der Waals surface area contributed by atoms with Crippen LogP contribution in [-0.2, 0) is 4.79 Å². The summed E-state index contributed by atoms with van der Waals surface area (Å²) in [5, 5.41) is 12.0. The first-order valence-electron chi connectivity index (χ1n) is 8.61. The molecule has 6 heteroatoms. The number of anilines is 1. The molecular weight excluding hydrogens is 371 g/mol. The first kappa shape index (κ1) is 19.5. The van der Waals surface area contributed by atoms with Crippen molar-refractivity contribution in [3.8, 4) is 11.8 Å². The lowest BCUT2D eigenvalue weighted by Crippen LogP contribution is -2.13. The monoisotopic (exact) mass is 386 g/mol. The lowest BCUT2D eigenvalue weighted by molar-refractivity contribution is -0.112. The van der Waals surface area contributed by atoms with Crippen LogP contribution in [0, 0.1) is 17.1 Å². The SMILES string of the molecule is N#CC(=Cc1cccc(OC(=O)c2cccc(F)c2)c1)C(=O)Nc1ccccc1. The van der Waals surface area contributed by atoms with Crippen LogP contribution in [0.25, 0.3) is 6.08 Å². The molecule has 0 saturated carbocycles. The highest BCUT2D eigenvalue weighted by Gasteiger charge is 2.12. The van der Waals surface area contributed by atoms with E-state index in [1.54, 1.807) is 42.5 Å². The molecule has 5 nitrogen and oxygen atoms in total. The minimum atomic E-state index is -0.715. The van der Waals surface area contributed by atoms with E-state index < -0.39 is 17.7 Å². The van der Waals surface area contributed by atoms with Gasteiger partial charge in [0, 0.05) is 5.69 Å². The smallest absolute Gasteiger partial charge is 0.343 e. The summed E-state index contributed by atoms with van der Waals surface area (Å²) < 4.78 is 18.5. The molecule has 0 bridgehead atoms. The molecule has 3 aromatic rings. The summed E-state index contributed by atoms with van der Waals surface area (Å²) in [6, 6.07) is 22.1. The van der Waals surface area contributed by atoms with Gasteiger partial charge in [-0.05, 0) is 54.1 Å². The minimum absolute atomic E-state index is 0.0749. The van der Waals surface area contributed by atoms with Crippen molar-refractivity contribution in [1.29, 1.82) is 5.26 Å². The number of hydrogen-bond acceptors (Lipinski definition) is 4. The molecule has 3 rings (SSSR count). The van der Waals surface area contributed by atoms with Crippen LogP contribution in [0.1, 0.15) is 15.9 Å². The number of nitrogens with one attached hydrogen (secondary N) is 1. The van der Waals surface area contributed by atoms with Gasteiger partial charge in [0.2, 0.25) is 0 Å². The molecule has 3 aromatic carbocycles. The fourth-order valence-electron chi connectivity index (χ4n) is 2.48. The van der Waals surface area contributed by atoms with Gasteiger partial charge in [0.1, 0.15) is 23.2 Å². The number of esters is 1. The van der Waals surface area contributed by atoms with Gasteiger partial charge >= 0.3 is 5.97 Å². The van der Waals surface area contributed by atoms with E-state index >= 15 is 0 Å². The Balaban J connectivity index is 1.76. The van der Waals surface area contributed by atoms with E-state index in [1.165, 1.54) is 30.3 Å². The summed E-state index contributed by atoms with van der Waals surface area (Å²) in [4.78, 5) is 24.5. The van der Waals surface area contributed by atoms with Crippen LogP contribution in [0.5, 0.6) is 5.75 Å². The predicted octanol–water partition coefficient (Wildman–Crippen LogP) is 4.59. The Morgan fingerprint density at radius 1 is 0.966 bits per heavy atom. The highest BCUT2D eigenvalue weighted by atomic mass is 19.1. The maximum atomic E-state index is 13.3. The van der Waals surface area contributed by atoms with E-state index in [1.807, 2.05) is 12.1 Å².